The van der Waals surface area contributed by atoms with Crippen molar-refractivity contribution in [2.75, 3.05) is 6.61 Å². The number of hydrogen-bond donors (Lipinski definition) is 6. The van der Waals surface area contributed by atoms with Gasteiger partial charge in [-0.2, -0.15) is 0 Å². The number of aliphatic hydroxyl groups excluding tert-OH is 3. The zero-order valence-corrected chi connectivity index (χ0v) is 13.1. The third-order valence-corrected chi connectivity index (χ3v) is 5.20. The second kappa shape index (κ2) is 6.07. The number of imidazole rings is 1. The van der Waals surface area contributed by atoms with Gasteiger partial charge in [0.15, 0.2) is 16.9 Å². The summed E-state index contributed by atoms with van der Waals surface area (Å²) < 4.78 is 21.6. The van der Waals surface area contributed by atoms with Crippen molar-refractivity contribution in [3.63, 3.8) is 0 Å². The molecule has 1 aliphatic rings. The van der Waals surface area contributed by atoms with Gasteiger partial charge in [-0.05, 0) is 12.9 Å². The number of hydrogen-bond acceptors (Lipinski definition) is 10. The highest BCUT2D eigenvalue weighted by atomic mass is 32.1. The number of H-pyrrole nitrogens is 1. The van der Waals surface area contributed by atoms with Crippen molar-refractivity contribution >= 4 is 37.1 Å². The molecule has 0 aromatic carbocycles. The van der Waals surface area contributed by atoms with E-state index >= 15 is 0 Å². The maximum Gasteiger partial charge on any atom is 0.390 e. The highest BCUT2D eigenvalue weighted by Gasteiger charge is 2.45. The average Bonchev–Trinajstić information content (AvgIpc) is 3.12. The molecule has 13 heteroatoms. The molecular weight excluding hydrogens is 351 g/mol. The van der Waals surface area contributed by atoms with Gasteiger partial charge in [0.05, 0.1) is 12.9 Å². The first kappa shape index (κ1) is 16.7. The Bertz CT molecular complexity index is 773. The van der Waals surface area contributed by atoms with Crippen LogP contribution >= 0.6 is 20.5 Å². The molecule has 2 aromatic rings. The average molecular weight is 364 g/mol. The van der Waals surface area contributed by atoms with Crippen LogP contribution in [-0.2, 0) is 13.3 Å². The molecular formula is C10H13N4O7PS. The van der Waals surface area contributed by atoms with E-state index < -0.39 is 44.1 Å². The molecule has 1 aliphatic heterocycles. The molecule has 0 amide bonds. The second-order valence-corrected chi connectivity index (χ2v) is 6.99. The second-order valence-electron chi connectivity index (χ2n) is 4.87. The maximum atomic E-state index is 12.1. The van der Waals surface area contributed by atoms with Crippen LogP contribution in [0.4, 0.5) is 0 Å². The predicted octanol–water partition coefficient (Wildman–Crippen LogP) is -1.82. The lowest BCUT2D eigenvalue weighted by atomic mass is 10.1. The van der Waals surface area contributed by atoms with E-state index in [-0.39, 0.29) is 17.0 Å². The number of fused-ring (bicyclic) bond motifs is 1. The van der Waals surface area contributed by atoms with Crippen molar-refractivity contribution < 1.29 is 33.5 Å². The SMILES string of the molecule is O=P(O)(OS)c1nc(C2O[C@H](CO)[C@@H](O)[C@H]2O)nc2nc[nH]c12. The van der Waals surface area contributed by atoms with Crippen molar-refractivity contribution in [1.82, 2.24) is 19.9 Å². The van der Waals surface area contributed by atoms with Crippen LogP contribution in [-0.4, -0.2) is 65.1 Å². The van der Waals surface area contributed by atoms with Gasteiger partial charge in [-0.25, -0.2) is 18.9 Å². The Morgan fingerprint density at radius 3 is 2.74 bits per heavy atom. The monoisotopic (exact) mass is 364 g/mol. The third-order valence-electron chi connectivity index (χ3n) is 3.46. The summed E-state index contributed by atoms with van der Waals surface area (Å²) in [5.74, 6) is -0.179. The van der Waals surface area contributed by atoms with Crippen molar-refractivity contribution in [3.05, 3.63) is 12.2 Å². The predicted molar refractivity (Wildman–Crippen MR) is 77.9 cm³/mol. The van der Waals surface area contributed by atoms with E-state index in [1.54, 1.807) is 0 Å². The van der Waals surface area contributed by atoms with Crippen LogP contribution in [0.3, 0.4) is 0 Å². The summed E-state index contributed by atoms with van der Waals surface area (Å²) in [6.45, 7) is -0.523. The zero-order valence-electron chi connectivity index (χ0n) is 11.3. The molecule has 0 aliphatic carbocycles. The fourth-order valence-electron chi connectivity index (χ4n) is 2.32. The van der Waals surface area contributed by atoms with Gasteiger partial charge in [-0.1, -0.05) is 0 Å². The number of ether oxygens (including phenoxy) is 1. The summed E-state index contributed by atoms with van der Waals surface area (Å²) in [4.78, 5) is 24.2. The van der Waals surface area contributed by atoms with Crippen LogP contribution in [0.2, 0.25) is 0 Å². The number of aromatic amines is 1. The van der Waals surface area contributed by atoms with E-state index in [2.05, 4.69) is 36.8 Å². The first-order valence-electron chi connectivity index (χ1n) is 6.39. The van der Waals surface area contributed by atoms with Gasteiger partial charge < -0.3 is 29.9 Å². The quantitative estimate of drug-likeness (QED) is 0.206. The number of rotatable bonds is 4. The van der Waals surface area contributed by atoms with Crippen molar-refractivity contribution in [2.24, 2.45) is 0 Å². The van der Waals surface area contributed by atoms with Crippen molar-refractivity contribution in [3.8, 4) is 0 Å². The van der Waals surface area contributed by atoms with E-state index in [1.807, 2.05) is 0 Å². The normalized spacial score (nSPS) is 30.7. The standard InChI is InChI=1S/C10H13N4O7PS/c15-1-3-5(16)6(17)7(20-3)9-13-8-4(11-2-12-8)10(14-9)22(18,19)21-23/h2-3,5-7,15-17,23H,1H2,(H,18,19)(H,11,12,13,14)/t3-,5-,6-,7?/m1/s1. The molecule has 3 rings (SSSR count). The van der Waals surface area contributed by atoms with E-state index in [4.69, 9.17) is 9.84 Å². The Balaban J connectivity index is 2.11. The Kier molecular flexibility index (Phi) is 4.42. The largest absolute Gasteiger partial charge is 0.394 e. The smallest absolute Gasteiger partial charge is 0.390 e. The fraction of sp³-hybridized carbons (Fsp3) is 0.500. The highest BCUT2D eigenvalue weighted by Crippen LogP contribution is 2.43. The Morgan fingerprint density at radius 1 is 1.39 bits per heavy atom. The zero-order chi connectivity index (χ0) is 16.8. The number of nitrogens with zero attached hydrogens (tertiary/aromatic N) is 3. The number of nitrogens with one attached hydrogen (secondary N) is 1. The third kappa shape index (κ3) is 2.77. The van der Waals surface area contributed by atoms with Crippen LogP contribution in [0.15, 0.2) is 6.33 Å². The first-order valence-corrected chi connectivity index (χ1v) is 8.33. The van der Waals surface area contributed by atoms with Crippen molar-refractivity contribution in [2.45, 2.75) is 24.4 Å². The summed E-state index contributed by atoms with van der Waals surface area (Å²) in [7, 11) is -4.37. The Hall–Kier alpha value is -1.11. The molecule has 2 unspecified atom stereocenters. The van der Waals surface area contributed by atoms with Crippen LogP contribution < -0.4 is 5.44 Å². The van der Waals surface area contributed by atoms with E-state index in [0.29, 0.717) is 0 Å². The van der Waals surface area contributed by atoms with Crippen molar-refractivity contribution in [1.29, 1.82) is 0 Å². The summed E-state index contributed by atoms with van der Waals surface area (Å²) in [6.07, 6.45) is -3.77. The minimum atomic E-state index is -4.37. The summed E-state index contributed by atoms with van der Waals surface area (Å²) in [5, 5.41) is 28.9. The number of aromatic nitrogens is 4. The molecule has 11 nitrogen and oxygen atoms in total. The summed E-state index contributed by atoms with van der Waals surface area (Å²) >= 11 is 3.36. The van der Waals surface area contributed by atoms with E-state index in [0.717, 1.165) is 0 Å². The maximum absolute atomic E-state index is 12.1. The lowest BCUT2D eigenvalue weighted by Crippen LogP contribution is -2.32. The first-order chi connectivity index (χ1) is 10.9. The Labute approximate surface area is 134 Å². The molecule has 3 heterocycles. The van der Waals surface area contributed by atoms with Crippen LogP contribution in [0, 0.1) is 0 Å². The minimum absolute atomic E-state index is 0.0439. The molecule has 0 saturated carbocycles. The molecule has 5 atom stereocenters. The van der Waals surface area contributed by atoms with Gasteiger partial charge in [-0.15, -0.1) is 0 Å². The van der Waals surface area contributed by atoms with Crippen LogP contribution in [0.25, 0.3) is 11.2 Å². The van der Waals surface area contributed by atoms with Gasteiger partial charge in [0, 0.05) is 0 Å². The molecule has 0 bridgehead atoms. The van der Waals surface area contributed by atoms with E-state index in [1.165, 1.54) is 6.33 Å². The highest BCUT2D eigenvalue weighted by molar-refractivity contribution is 7.83. The molecule has 2 aromatic heterocycles. The van der Waals surface area contributed by atoms with Gasteiger partial charge in [0.2, 0.25) is 0 Å². The fourth-order valence-corrected chi connectivity index (χ4v) is 3.30. The lowest BCUT2D eigenvalue weighted by molar-refractivity contribution is -0.0251. The summed E-state index contributed by atoms with van der Waals surface area (Å²) in [6, 6.07) is 0. The molecule has 1 saturated heterocycles. The number of thiol groups is 1. The Morgan fingerprint density at radius 2 is 2.13 bits per heavy atom. The minimum Gasteiger partial charge on any atom is -0.394 e. The van der Waals surface area contributed by atoms with Gasteiger partial charge in [0.25, 0.3) is 0 Å². The molecule has 5 N–H and O–H groups in total. The molecule has 0 radical (unpaired) electrons. The molecule has 126 valence electrons. The summed E-state index contributed by atoms with van der Waals surface area (Å²) in [5.41, 5.74) is -0.287. The molecule has 0 spiro atoms. The molecule has 23 heavy (non-hydrogen) atoms. The topological polar surface area (TPSA) is 171 Å². The van der Waals surface area contributed by atoms with E-state index in [9.17, 15) is 19.7 Å². The lowest BCUT2D eigenvalue weighted by Gasteiger charge is -2.15. The van der Waals surface area contributed by atoms with Gasteiger partial charge in [-0.3, -0.25) is 4.57 Å². The van der Waals surface area contributed by atoms with Gasteiger partial charge >= 0.3 is 7.60 Å². The van der Waals surface area contributed by atoms with Gasteiger partial charge in [0.1, 0.15) is 29.9 Å². The van der Waals surface area contributed by atoms with Crippen LogP contribution in [0.5, 0.6) is 0 Å². The van der Waals surface area contributed by atoms with Crippen LogP contribution in [0.1, 0.15) is 11.9 Å². The molecule has 1 fully saturated rings. The number of aliphatic hydroxyl groups is 3.